The van der Waals surface area contributed by atoms with Crippen molar-refractivity contribution in [2.75, 3.05) is 20.3 Å². The van der Waals surface area contributed by atoms with Crippen LogP contribution in [0.1, 0.15) is 42.7 Å². The highest BCUT2D eigenvalue weighted by molar-refractivity contribution is 5.79. The Morgan fingerprint density at radius 2 is 1.68 bits per heavy atom. The van der Waals surface area contributed by atoms with Crippen LogP contribution in [0, 0.1) is 5.92 Å². The first-order valence-corrected chi connectivity index (χ1v) is 11.6. The van der Waals surface area contributed by atoms with Crippen LogP contribution >= 0.6 is 0 Å². The van der Waals surface area contributed by atoms with Gasteiger partial charge in [-0.15, -0.1) is 0 Å². The largest absolute Gasteiger partial charge is 0.481 e. The number of carbonyl (C=O) groups is 3. The van der Waals surface area contributed by atoms with Gasteiger partial charge < -0.3 is 25.2 Å². The normalized spacial score (nSPS) is 19.7. The van der Waals surface area contributed by atoms with Gasteiger partial charge >= 0.3 is 12.1 Å². The number of benzene rings is 2. The van der Waals surface area contributed by atoms with Crippen molar-refractivity contribution in [1.82, 2.24) is 10.6 Å². The maximum absolute atomic E-state index is 12.4. The zero-order valence-corrected chi connectivity index (χ0v) is 19.2. The molecular weight excluding hydrogens is 436 g/mol. The van der Waals surface area contributed by atoms with E-state index in [1.54, 1.807) is 0 Å². The Morgan fingerprint density at radius 3 is 2.26 bits per heavy atom. The third-order valence-electron chi connectivity index (χ3n) is 6.71. The number of nitrogens with one attached hydrogen (secondary N) is 2. The molecule has 0 aliphatic heterocycles. The Balaban J connectivity index is 1.24. The summed E-state index contributed by atoms with van der Waals surface area (Å²) in [5, 5.41) is 14.6. The molecule has 0 spiro atoms. The molecule has 2 aliphatic carbocycles. The number of hydrogen-bond acceptors (Lipinski definition) is 5. The van der Waals surface area contributed by atoms with Gasteiger partial charge in [-0.1, -0.05) is 48.5 Å². The van der Waals surface area contributed by atoms with Crippen LogP contribution in [0.4, 0.5) is 4.79 Å². The van der Waals surface area contributed by atoms with E-state index < -0.39 is 24.1 Å². The summed E-state index contributed by atoms with van der Waals surface area (Å²) in [7, 11) is 1.48. The number of carboxylic acid groups (broad SMARTS) is 1. The maximum Gasteiger partial charge on any atom is 0.407 e. The lowest BCUT2D eigenvalue weighted by Gasteiger charge is -2.19. The molecule has 0 radical (unpaired) electrons. The van der Waals surface area contributed by atoms with E-state index in [1.165, 1.54) is 7.11 Å². The van der Waals surface area contributed by atoms with Gasteiger partial charge in [0, 0.05) is 25.6 Å². The Labute approximate surface area is 198 Å². The molecule has 8 heteroatoms. The van der Waals surface area contributed by atoms with E-state index in [9.17, 15) is 14.4 Å². The number of ether oxygens (including phenoxy) is 2. The van der Waals surface area contributed by atoms with Crippen molar-refractivity contribution in [3.63, 3.8) is 0 Å². The molecule has 4 rings (SSSR count). The molecular formula is C26H30N2O6. The molecule has 34 heavy (non-hydrogen) atoms. The van der Waals surface area contributed by atoms with Gasteiger partial charge in [-0.2, -0.15) is 0 Å². The molecule has 180 valence electrons. The lowest BCUT2D eigenvalue weighted by molar-refractivity contribution is -0.141. The van der Waals surface area contributed by atoms with Crippen LogP contribution in [0.3, 0.4) is 0 Å². The van der Waals surface area contributed by atoms with E-state index in [0.717, 1.165) is 22.3 Å². The zero-order valence-electron chi connectivity index (χ0n) is 19.2. The van der Waals surface area contributed by atoms with E-state index in [-0.39, 0.29) is 37.4 Å². The van der Waals surface area contributed by atoms with Crippen LogP contribution < -0.4 is 10.6 Å². The first-order valence-electron chi connectivity index (χ1n) is 11.6. The molecule has 0 heterocycles. The van der Waals surface area contributed by atoms with E-state index >= 15 is 0 Å². The molecule has 1 saturated carbocycles. The van der Waals surface area contributed by atoms with Gasteiger partial charge in [-0.3, -0.25) is 9.59 Å². The molecule has 2 aromatic carbocycles. The standard InChI is InChI=1S/C26H30N2O6/c1-33-18(13-24(29)28-17-11-10-16(12-17)25(30)31)14-27-26(32)34-15-23-21-8-4-2-6-19(21)20-7-3-5-9-22(20)23/h2-9,16-18,23H,10-15H2,1H3,(H,27,32)(H,28,29)(H,30,31)/t16-,17+,18?/m1/s1. The van der Waals surface area contributed by atoms with E-state index in [2.05, 4.69) is 34.9 Å². The fourth-order valence-corrected chi connectivity index (χ4v) is 4.92. The molecule has 2 amide bonds. The van der Waals surface area contributed by atoms with E-state index in [0.29, 0.717) is 19.3 Å². The van der Waals surface area contributed by atoms with Crippen molar-refractivity contribution in [1.29, 1.82) is 0 Å². The quantitative estimate of drug-likeness (QED) is 0.523. The number of alkyl carbamates (subject to hydrolysis) is 1. The number of rotatable bonds is 9. The summed E-state index contributed by atoms with van der Waals surface area (Å²) in [6, 6.07) is 16.1. The van der Waals surface area contributed by atoms with Crippen LogP contribution in [0.5, 0.6) is 0 Å². The average molecular weight is 467 g/mol. The van der Waals surface area contributed by atoms with Crippen LogP contribution in [0.2, 0.25) is 0 Å². The first kappa shape index (κ1) is 23.8. The zero-order chi connectivity index (χ0) is 24.1. The number of amides is 2. The molecule has 2 aromatic rings. The Kier molecular flexibility index (Phi) is 7.47. The predicted octanol–water partition coefficient (Wildman–Crippen LogP) is 3.30. The van der Waals surface area contributed by atoms with Gasteiger partial charge in [0.15, 0.2) is 0 Å². The van der Waals surface area contributed by atoms with Gasteiger partial charge in [0.05, 0.1) is 18.4 Å². The van der Waals surface area contributed by atoms with Crippen molar-refractivity contribution in [2.24, 2.45) is 5.92 Å². The number of fused-ring (bicyclic) bond motifs is 3. The van der Waals surface area contributed by atoms with Gasteiger partial charge in [0.2, 0.25) is 5.91 Å². The minimum Gasteiger partial charge on any atom is -0.481 e. The number of aliphatic carboxylic acids is 1. The van der Waals surface area contributed by atoms with E-state index in [4.69, 9.17) is 14.6 Å². The third kappa shape index (κ3) is 5.39. The molecule has 1 unspecified atom stereocenters. The van der Waals surface area contributed by atoms with Gasteiger partial charge in [-0.05, 0) is 41.5 Å². The van der Waals surface area contributed by atoms with Crippen molar-refractivity contribution in [2.45, 2.75) is 43.7 Å². The lowest BCUT2D eigenvalue weighted by Crippen LogP contribution is -2.40. The number of carboxylic acids is 1. The molecule has 3 N–H and O–H groups in total. The van der Waals surface area contributed by atoms with Crippen LogP contribution in [-0.4, -0.2) is 55.5 Å². The topological polar surface area (TPSA) is 114 Å². The minimum atomic E-state index is -0.821. The molecule has 0 saturated heterocycles. The average Bonchev–Trinajstić information content (AvgIpc) is 3.43. The van der Waals surface area contributed by atoms with E-state index in [1.807, 2.05) is 24.3 Å². The van der Waals surface area contributed by atoms with Crippen LogP contribution in [0.25, 0.3) is 11.1 Å². The predicted molar refractivity (Wildman–Crippen MR) is 125 cm³/mol. The second kappa shape index (κ2) is 10.7. The highest BCUT2D eigenvalue weighted by Crippen LogP contribution is 2.44. The van der Waals surface area contributed by atoms with Gasteiger partial charge in [-0.25, -0.2) is 4.79 Å². The summed E-state index contributed by atoms with van der Waals surface area (Å²) in [6.45, 7) is 0.341. The van der Waals surface area contributed by atoms with Crippen molar-refractivity contribution in [3.05, 3.63) is 59.7 Å². The summed E-state index contributed by atoms with van der Waals surface area (Å²) < 4.78 is 10.9. The molecule has 3 atom stereocenters. The molecule has 0 aromatic heterocycles. The molecule has 8 nitrogen and oxygen atoms in total. The fourth-order valence-electron chi connectivity index (χ4n) is 4.92. The summed E-state index contributed by atoms with van der Waals surface area (Å²) in [5.41, 5.74) is 4.60. The smallest absolute Gasteiger partial charge is 0.407 e. The number of hydrogen-bond donors (Lipinski definition) is 3. The highest BCUT2D eigenvalue weighted by Gasteiger charge is 2.31. The molecule has 0 bridgehead atoms. The molecule has 2 aliphatic rings. The highest BCUT2D eigenvalue weighted by atomic mass is 16.5. The van der Waals surface area contributed by atoms with Crippen molar-refractivity contribution < 1.29 is 29.0 Å². The Hall–Kier alpha value is -3.39. The van der Waals surface area contributed by atoms with Gasteiger partial charge in [0.25, 0.3) is 0 Å². The van der Waals surface area contributed by atoms with Crippen LogP contribution in [-0.2, 0) is 19.1 Å². The minimum absolute atomic E-state index is 0.0248. The molecule has 1 fully saturated rings. The number of carbonyl (C=O) groups excluding carboxylic acids is 2. The van der Waals surface area contributed by atoms with Crippen LogP contribution in [0.15, 0.2) is 48.5 Å². The first-order chi connectivity index (χ1) is 16.5. The third-order valence-corrected chi connectivity index (χ3v) is 6.71. The monoisotopic (exact) mass is 466 g/mol. The maximum atomic E-state index is 12.4. The number of methoxy groups -OCH3 is 1. The summed E-state index contributed by atoms with van der Waals surface area (Å²) in [6.07, 6.45) is 0.641. The van der Waals surface area contributed by atoms with Gasteiger partial charge in [0.1, 0.15) is 6.61 Å². The summed E-state index contributed by atoms with van der Waals surface area (Å²) in [5.74, 6) is -1.47. The lowest BCUT2D eigenvalue weighted by atomic mass is 9.98. The fraction of sp³-hybridized carbons (Fsp3) is 0.423. The Morgan fingerprint density at radius 1 is 1.03 bits per heavy atom. The second-order valence-corrected chi connectivity index (χ2v) is 8.88. The second-order valence-electron chi connectivity index (χ2n) is 8.88. The summed E-state index contributed by atoms with van der Waals surface area (Å²) in [4.78, 5) is 35.8. The van der Waals surface area contributed by atoms with Crippen molar-refractivity contribution >= 4 is 18.0 Å². The van der Waals surface area contributed by atoms with Crippen molar-refractivity contribution in [3.8, 4) is 11.1 Å². The SMILES string of the molecule is COC(CNC(=O)OCC1c2ccccc2-c2ccccc21)CC(=O)N[C@H]1CC[C@@H](C(=O)O)C1. The Bertz CT molecular complexity index is 1010. The summed E-state index contributed by atoms with van der Waals surface area (Å²) >= 11 is 0.